The van der Waals surface area contributed by atoms with Gasteiger partial charge in [-0.2, -0.15) is 0 Å². The van der Waals surface area contributed by atoms with Crippen LogP contribution in [-0.4, -0.2) is 48.9 Å². The van der Waals surface area contributed by atoms with Crippen LogP contribution in [-0.2, 0) is 9.59 Å². The van der Waals surface area contributed by atoms with Gasteiger partial charge in [0.1, 0.15) is 0 Å². The van der Waals surface area contributed by atoms with Crippen LogP contribution in [0, 0.1) is 11.8 Å². The number of likely N-dealkylation sites (tertiary alicyclic amines) is 1. The molecule has 2 rings (SSSR count). The van der Waals surface area contributed by atoms with Crippen LogP contribution in [0.5, 0.6) is 0 Å². The molecule has 2 aliphatic rings. The molecule has 0 radical (unpaired) electrons. The van der Waals surface area contributed by atoms with Gasteiger partial charge in [-0.1, -0.05) is 6.92 Å². The Kier molecular flexibility index (Phi) is 6.03. The van der Waals surface area contributed by atoms with Crippen LogP contribution < -0.4 is 10.6 Å². The van der Waals surface area contributed by atoms with Gasteiger partial charge in [-0.25, -0.2) is 0 Å². The molecule has 0 aliphatic carbocycles. The third kappa shape index (κ3) is 4.99. The molecule has 2 atom stereocenters. The molecule has 0 spiro atoms. The SMILES string of the molecule is CC(CN1CCCC1=O)NC(=O)CC(C)C1CCNCC1. The Bertz CT molecular complexity index is 367. The molecule has 0 aromatic carbocycles. The normalized spacial score (nSPS) is 23.1. The third-order valence-corrected chi connectivity index (χ3v) is 4.77. The zero-order chi connectivity index (χ0) is 15.2. The second kappa shape index (κ2) is 7.78. The van der Waals surface area contributed by atoms with Gasteiger partial charge in [0, 0.05) is 32.0 Å². The van der Waals surface area contributed by atoms with Crippen molar-refractivity contribution in [3.05, 3.63) is 0 Å². The number of nitrogens with one attached hydrogen (secondary N) is 2. The lowest BCUT2D eigenvalue weighted by atomic mass is 9.84. The quantitative estimate of drug-likeness (QED) is 0.772. The lowest BCUT2D eigenvalue weighted by Crippen LogP contribution is -2.43. The van der Waals surface area contributed by atoms with Gasteiger partial charge in [0.2, 0.25) is 11.8 Å². The van der Waals surface area contributed by atoms with Gasteiger partial charge >= 0.3 is 0 Å². The van der Waals surface area contributed by atoms with Gasteiger partial charge in [-0.15, -0.1) is 0 Å². The summed E-state index contributed by atoms with van der Waals surface area (Å²) in [5.41, 5.74) is 0. The zero-order valence-electron chi connectivity index (χ0n) is 13.4. The lowest BCUT2D eigenvalue weighted by Gasteiger charge is -2.28. The van der Waals surface area contributed by atoms with Crippen LogP contribution in [0.1, 0.15) is 46.0 Å². The summed E-state index contributed by atoms with van der Waals surface area (Å²) >= 11 is 0. The summed E-state index contributed by atoms with van der Waals surface area (Å²) in [7, 11) is 0. The van der Waals surface area contributed by atoms with E-state index in [9.17, 15) is 9.59 Å². The number of hydrogen-bond donors (Lipinski definition) is 2. The first-order valence-electron chi connectivity index (χ1n) is 8.34. The highest BCUT2D eigenvalue weighted by Crippen LogP contribution is 2.24. The monoisotopic (exact) mass is 295 g/mol. The Morgan fingerprint density at radius 1 is 1.38 bits per heavy atom. The number of carbonyl (C=O) groups is 2. The van der Waals surface area contributed by atoms with Gasteiger partial charge in [0.15, 0.2) is 0 Å². The largest absolute Gasteiger partial charge is 0.352 e. The van der Waals surface area contributed by atoms with Crippen molar-refractivity contribution in [2.24, 2.45) is 11.8 Å². The van der Waals surface area contributed by atoms with E-state index < -0.39 is 0 Å². The van der Waals surface area contributed by atoms with Gasteiger partial charge in [0.05, 0.1) is 0 Å². The first-order chi connectivity index (χ1) is 10.1. The number of rotatable bonds is 6. The molecule has 2 unspecified atom stereocenters. The van der Waals surface area contributed by atoms with Gasteiger partial charge in [-0.05, 0) is 51.1 Å². The van der Waals surface area contributed by atoms with E-state index in [0.29, 0.717) is 31.2 Å². The summed E-state index contributed by atoms with van der Waals surface area (Å²) in [6.07, 6.45) is 4.56. The highest BCUT2D eigenvalue weighted by atomic mass is 16.2. The van der Waals surface area contributed by atoms with Gasteiger partial charge in [-0.3, -0.25) is 9.59 Å². The molecule has 120 valence electrons. The Hall–Kier alpha value is -1.10. The minimum absolute atomic E-state index is 0.0415. The molecule has 5 nitrogen and oxygen atoms in total. The third-order valence-electron chi connectivity index (χ3n) is 4.77. The van der Waals surface area contributed by atoms with E-state index in [1.165, 1.54) is 12.8 Å². The van der Waals surface area contributed by atoms with Crippen LogP contribution in [0.2, 0.25) is 0 Å². The Labute approximate surface area is 127 Å². The highest BCUT2D eigenvalue weighted by molar-refractivity contribution is 5.78. The Balaban J connectivity index is 1.69. The molecular weight excluding hydrogens is 266 g/mol. The first-order valence-corrected chi connectivity index (χ1v) is 8.34. The van der Waals surface area contributed by atoms with E-state index in [1.54, 1.807) is 0 Å². The van der Waals surface area contributed by atoms with E-state index in [1.807, 2.05) is 11.8 Å². The molecule has 0 saturated carbocycles. The first kappa shape index (κ1) is 16.3. The molecular formula is C16H29N3O2. The van der Waals surface area contributed by atoms with E-state index >= 15 is 0 Å². The van der Waals surface area contributed by atoms with Crippen LogP contribution in [0.3, 0.4) is 0 Å². The summed E-state index contributed by atoms with van der Waals surface area (Å²) in [4.78, 5) is 25.6. The van der Waals surface area contributed by atoms with Crippen LogP contribution in [0.15, 0.2) is 0 Å². The van der Waals surface area contributed by atoms with Gasteiger partial charge in [0.25, 0.3) is 0 Å². The average Bonchev–Trinajstić information content (AvgIpc) is 2.84. The van der Waals surface area contributed by atoms with Crippen molar-refractivity contribution in [1.82, 2.24) is 15.5 Å². The standard InChI is InChI=1S/C16H29N3O2/c1-12(14-5-7-17-8-6-14)10-15(20)18-13(2)11-19-9-3-4-16(19)21/h12-14,17H,3-11H2,1-2H3,(H,18,20). The molecule has 0 aromatic heterocycles. The van der Waals surface area contributed by atoms with Crippen LogP contribution in [0.25, 0.3) is 0 Å². The summed E-state index contributed by atoms with van der Waals surface area (Å²) in [6.45, 7) is 7.80. The predicted molar refractivity (Wildman–Crippen MR) is 82.8 cm³/mol. The summed E-state index contributed by atoms with van der Waals surface area (Å²) in [6, 6.07) is 0.0415. The molecule has 5 heteroatoms. The highest BCUT2D eigenvalue weighted by Gasteiger charge is 2.24. The number of hydrogen-bond acceptors (Lipinski definition) is 3. The maximum Gasteiger partial charge on any atom is 0.222 e. The van der Waals surface area contributed by atoms with E-state index in [0.717, 1.165) is 26.1 Å². The van der Waals surface area contributed by atoms with E-state index in [2.05, 4.69) is 17.6 Å². The fourth-order valence-electron chi connectivity index (χ4n) is 3.48. The minimum Gasteiger partial charge on any atom is -0.352 e. The number of piperidine rings is 1. The number of carbonyl (C=O) groups excluding carboxylic acids is 2. The summed E-state index contributed by atoms with van der Waals surface area (Å²) in [5.74, 6) is 1.44. The van der Waals surface area contributed by atoms with E-state index in [-0.39, 0.29) is 17.9 Å². The van der Waals surface area contributed by atoms with Crippen molar-refractivity contribution in [2.45, 2.75) is 52.0 Å². The maximum atomic E-state index is 12.1. The van der Waals surface area contributed by atoms with Crippen molar-refractivity contribution in [2.75, 3.05) is 26.2 Å². The lowest BCUT2D eigenvalue weighted by molar-refractivity contribution is -0.129. The average molecular weight is 295 g/mol. The minimum atomic E-state index is 0.0415. The Morgan fingerprint density at radius 3 is 2.71 bits per heavy atom. The second-order valence-corrected chi connectivity index (χ2v) is 6.68. The summed E-state index contributed by atoms with van der Waals surface area (Å²) in [5, 5.41) is 6.41. The second-order valence-electron chi connectivity index (χ2n) is 6.68. The van der Waals surface area contributed by atoms with Crippen molar-refractivity contribution in [1.29, 1.82) is 0 Å². The fraction of sp³-hybridized carbons (Fsp3) is 0.875. The zero-order valence-corrected chi connectivity index (χ0v) is 13.4. The molecule has 21 heavy (non-hydrogen) atoms. The number of amides is 2. The molecule has 2 N–H and O–H groups in total. The molecule has 2 amide bonds. The maximum absolute atomic E-state index is 12.1. The predicted octanol–water partition coefficient (Wildman–Crippen LogP) is 1.14. The van der Waals surface area contributed by atoms with Crippen LogP contribution >= 0.6 is 0 Å². The van der Waals surface area contributed by atoms with Crippen molar-refractivity contribution < 1.29 is 9.59 Å². The molecule has 2 fully saturated rings. The van der Waals surface area contributed by atoms with Gasteiger partial charge < -0.3 is 15.5 Å². The molecule has 2 heterocycles. The summed E-state index contributed by atoms with van der Waals surface area (Å²) < 4.78 is 0. The smallest absolute Gasteiger partial charge is 0.222 e. The molecule has 0 bridgehead atoms. The topological polar surface area (TPSA) is 61.4 Å². The molecule has 2 saturated heterocycles. The fourth-order valence-corrected chi connectivity index (χ4v) is 3.48. The molecule has 0 aromatic rings. The molecule has 2 aliphatic heterocycles. The Morgan fingerprint density at radius 2 is 2.10 bits per heavy atom. The number of nitrogens with zero attached hydrogens (tertiary/aromatic N) is 1. The van der Waals surface area contributed by atoms with Crippen LogP contribution in [0.4, 0.5) is 0 Å². The van der Waals surface area contributed by atoms with Crippen molar-refractivity contribution in [3.8, 4) is 0 Å². The van der Waals surface area contributed by atoms with Crippen molar-refractivity contribution in [3.63, 3.8) is 0 Å². The van der Waals surface area contributed by atoms with Crippen molar-refractivity contribution >= 4 is 11.8 Å². The van der Waals surface area contributed by atoms with E-state index in [4.69, 9.17) is 0 Å².